The van der Waals surface area contributed by atoms with Crippen molar-refractivity contribution in [2.45, 2.75) is 26.9 Å². The second-order valence-corrected chi connectivity index (χ2v) is 9.12. The minimum absolute atomic E-state index is 0.0324. The summed E-state index contributed by atoms with van der Waals surface area (Å²) in [4.78, 5) is 33.3. The SMILES string of the molecule is Cc1ccc(OCc2nc(CC(=O)N3CCN(C(=O)Nc4cccc(C)c4)CC3)cs2)cc1. The van der Waals surface area contributed by atoms with Crippen molar-refractivity contribution in [1.82, 2.24) is 14.8 Å². The van der Waals surface area contributed by atoms with Crippen LogP contribution in [0.15, 0.2) is 53.9 Å². The molecule has 0 atom stereocenters. The Morgan fingerprint density at radius 3 is 2.45 bits per heavy atom. The molecule has 8 heteroatoms. The van der Waals surface area contributed by atoms with Gasteiger partial charge in [0.15, 0.2) is 0 Å². The summed E-state index contributed by atoms with van der Waals surface area (Å²) in [5, 5.41) is 5.69. The normalized spacial score (nSPS) is 13.6. The molecule has 0 bridgehead atoms. The molecule has 3 aromatic rings. The quantitative estimate of drug-likeness (QED) is 0.592. The Hall–Kier alpha value is -3.39. The van der Waals surface area contributed by atoms with Crippen molar-refractivity contribution in [3.05, 3.63) is 75.7 Å². The van der Waals surface area contributed by atoms with Crippen molar-refractivity contribution in [1.29, 1.82) is 0 Å². The molecule has 3 amide bonds. The second-order valence-electron chi connectivity index (χ2n) is 8.18. The third kappa shape index (κ3) is 6.32. The molecule has 2 heterocycles. The Balaban J connectivity index is 1.22. The zero-order chi connectivity index (χ0) is 23.2. The highest BCUT2D eigenvalue weighted by atomic mass is 32.1. The lowest BCUT2D eigenvalue weighted by atomic mass is 10.2. The van der Waals surface area contributed by atoms with E-state index in [1.807, 2.05) is 67.8 Å². The number of carbonyl (C=O) groups excluding carboxylic acids is 2. The first-order valence-corrected chi connectivity index (χ1v) is 11.9. The Morgan fingerprint density at radius 2 is 1.73 bits per heavy atom. The van der Waals surface area contributed by atoms with Crippen LogP contribution >= 0.6 is 11.3 Å². The molecular formula is C25H28N4O3S. The van der Waals surface area contributed by atoms with Gasteiger partial charge in [0, 0.05) is 37.2 Å². The maximum Gasteiger partial charge on any atom is 0.321 e. The molecule has 1 saturated heterocycles. The van der Waals surface area contributed by atoms with Gasteiger partial charge in [-0.15, -0.1) is 11.3 Å². The number of rotatable bonds is 6. The van der Waals surface area contributed by atoms with Gasteiger partial charge in [-0.3, -0.25) is 4.79 Å². The van der Waals surface area contributed by atoms with E-state index < -0.39 is 0 Å². The molecule has 1 aliphatic heterocycles. The van der Waals surface area contributed by atoms with E-state index >= 15 is 0 Å². The number of ether oxygens (including phenoxy) is 1. The molecule has 1 fully saturated rings. The number of piperazine rings is 1. The van der Waals surface area contributed by atoms with Crippen LogP contribution in [0.5, 0.6) is 5.75 Å². The number of urea groups is 1. The van der Waals surface area contributed by atoms with Crippen LogP contribution in [-0.4, -0.2) is 52.9 Å². The monoisotopic (exact) mass is 464 g/mol. The summed E-state index contributed by atoms with van der Waals surface area (Å²) in [6.07, 6.45) is 0.260. The summed E-state index contributed by atoms with van der Waals surface area (Å²) in [6.45, 7) is 6.47. The summed E-state index contributed by atoms with van der Waals surface area (Å²) in [7, 11) is 0. The van der Waals surface area contributed by atoms with Crippen LogP contribution in [0.1, 0.15) is 21.8 Å². The van der Waals surface area contributed by atoms with Gasteiger partial charge in [-0.2, -0.15) is 0 Å². The molecule has 0 radical (unpaired) electrons. The third-order valence-corrected chi connectivity index (χ3v) is 6.38. The van der Waals surface area contributed by atoms with Crippen LogP contribution < -0.4 is 10.1 Å². The van der Waals surface area contributed by atoms with Gasteiger partial charge < -0.3 is 19.9 Å². The molecule has 0 aliphatic carbocycles. The van der Waals surface area contributed by atoms with Gasteiger partial charge in [-0.1, -0.05) is 29.8 Å². The van der Waals surface area contributed by atoms with E-state index in [2.05, 4.69) is 10.3 Å². The molecule has 172 valence electrons. The van der Waals surface area contributed by atoms with Crippen LogP contribution in [-0.2, 0) is 17.8 Å². The van der Waals surface area contributed by atoms with Gasteiger partial charge >= 0.3 is 6.03 Å². The highest BCUT2D eigenvalue weighted by Crippen LogP contribution is 2.17. The molecule has 7 nitrogen and oxygen atoms in total. The van der Waals surface area contributed by atoms with Crippen LogP contribution in [0.3, 0.4) is 0 Å². The molecule has 33 heavy (non-hydrogen) atoms. The fourth-order valence-corrected chi connectivity index (χ4v) is 4.33. The van der Waals surface area contributed by atoms with Crippen molar-refractivity contribution in [3.8, 4) is 5.75 Å². The third-order valence-electron chi connectivity index (χ3n) is 5.50. The number of benzene rings is 2. The Morgan fingerprint density at radius 1 is 1.00 bits per heavy atom. The number of thiazole rings is 1. The Kier molecular flexibility index (Phi) is 7.24. The van der Waals surface area contributed by atoms with E-state index in [1.165, 1.54) is 16.9 Å². The number of nitrogens with one attached hydrogen (secondary N) is 1. The first-order chi connectivity index (χ1) is 16.0. The molecule has 1 aromatic heterocycles. The van der Waals surface area contributed by atoms with Crippen LogP contribution in [0.2, 0.25) is 0 Å². The molecule has 2 aromatic carbocycles. The maximum absolute atomic E-state index is 12.7. The molecule has 4 rings (SSSR count). The van der Waals surface area contributed by atoms with Crippen molar-refractivity contribution < 1.29 is 14.3 Å². The molecule has 0 unspecified atom stereocenters. The molecule has 0 spiro atoms. The van der Waals surface area contributed by atoms with Gasteiger partial charge in [0.25, 0.3) is 0 Å². The van der Waals surface area contributed by atoms with E-state index in [4.69, 9.17) is 4.74 Å². The van der Waals surface area contributed by atoms with E-state index in [1.54, 1.807) is 9.80 Å². The number of hydrogen-bond donors (Lipinski definition) is 1. The lowest BCUT2D eigenvalue weighted by molar-refractivity contribution is -0.131. The maximum atomic E-state index is 12.7. The average molecular weight is 465 g/mol. The van der Waals surface area contributed by atoms with E-state index in [0.717, 1.165) is 27.7 Å². The zero-order valence-electron chi connectivity index (χ0n) is 18.9. The minimum Gasteiger partial charge on any atom is -0.486 e. The zero-order valence-corrected chi connectivity index (χ0v) is 19.7. The first kappa shape index (κ1) is 22.8. The van der Waals surface area contributed by atoms with Crippen LogP contribution in [0.25, 0.3) is 0 Å². The predicted molar refractivity (Wildman–Crippen MR) is 130 cm³/mol. The number of carbonyl (C=O) groups is 2. The van der Waals surface area contributed by atoms with Crippen molar-refractivity contribution in [2.24, 2.45) is 0 Å². The van der Waals surface area contributed by atoms with Crippen LogP contribution in [0, 0.1) is 13.8 Å². The van der Waals surface area contributed by atoms with Crippen LogP contribution in [0.4, 0.5) is 10.5 Å². The van der Waals surface area contributed by atoms with Gasteiger partial charge in [0.1, 0.15) is 17.4 Å². The van der Waals surface area contributed by atoms with E-state index in [-0.39, 0.29) is 18.4 Å². The van der Waals surface area contributed by atoms with Gasteiger partial charge in [-0.05, 0) is 43.7 Å². The largest absolute Gasteiger partial charge is 0.486 e. The van der Waals surface area contributed by atoms with E-state index in [0.29, 0.717) is 32.8 Å². The first-order valence-electron chi connectivity index (χ1n) is 11.0. The van der Waals surface area contributed by atoms with Crippen molar-refractivity contribution >= 4 is 29.0 Å². The fourth-order valence-electron chi connectivity index (χ4n) is 3.63. The summed E-state index contributed by atoms with van der Waals surface area (Å²) in [5.41, 5.74) is 3.82. The Bertz CT molecular complexity index is 1100. The van der Waals surface area contributed by atoms with E-state index in [9.17, 15) is 9.59 Å². The summed E-state index contributed by atoms with van der Waals surface area (Å²) >= 11 is 1.50. The smallest absolute Gasteiger partial charge is 0.321 e. The number of hydrogen-bond acceptors (Lipinski definition) is 5. The predicted octanol–water partition coefficient (Wildman–Crippen LogP) is 4.26. The highest BCUT2D eigenvalue weighted by molar-refractivity contribution is 7.09. The number of aromatic nitrogens is 1. The standard InChI is InChI=1S/C25H28N4O3S/c1-18-6-8-22(9-7-18)32-16-23-26-21(17-33-23)15-24(30)28-10-12-29(13-11-28)25(31)27-20-5-3-4-19(2)14-20/h3-9,14,17H,10-13,15-16H2,1-2H3,(H,27,31). The Labute approximate surface area is 198 Å². The second kappa shape index (κ2) is 10.5. The number of anilines is 1. The number of nitrogens with zero attached hydrogens (tertiary/aromatic N) is 3. The summed E-state index contributed by atoms with van der Waals surface area (Å²) < 4.78 is 5.77. The molecule has 1 aliphatic rings. The van der Waals surface area contributed by atoms with Gasteiger partial charge in [-0.25, -0.2) is 9.78 Å². The molecule has 1 N–H and O–H groups in total. The number of aryl methyl sites for hydroxylation is 2. The summed E-state index contributed by atoms with van der Waals surface area (Å²) in [6, 6.07) is 15.5. The fraction of sp³-hybridized carbons (Fsp3) is 0.320. The van der Waals surface area contributed by atoms with Crippen molar-refractivity contribution in [3.63, 3.8) is 0 Å². The topological polar surface area (TPSA) is 74.8 Å². The number of amides is 3. The van der Waals surface area contributed by atoms with Gasteiger partial charge in [0.05, 0.1) is 12.1 Å². The molecule has 0 saturated carbocycles. The van der Waals surface area contributed by atoms with Gasteiger partial charge in [0.2, 0.25) is 5.91 Å². The summed E-state index contributed by atoms with van der Waals surface area (Å²) in [5.74, 6) is 0.836. The van der Waals surface area contributed by atoms with Crippen molar-refractivity contribution in [2.75, 3.05) is 31.5 Å². The minimum atomic E-state index is -0.134. The lowest BCUT2D eigenvalue weighted by Gasteiger charge is -2.34. The average Bonchev–Trinajstić information content (AvgIpc) is 3.26. The highest BCUT2D eigenvalue weighted by Gasteiger charge is 2.24. The lowest BCUT2D eigenvalue weighted by Crippen LogP contribution is -2.52. The molecular weight excluding hydrogens is 436 g/mol.